The van der Waals surface area contributed by atoms with E-state index in [1.54, 1.807) is 0 Å². The maximum Gasteiger partial charge on any atom is 0.0862 e. The highest BCUT2D eigenvalue weighted by Crippen LogP contribution is 1.95. The van der Waals surface area contributed by atoms with Gasteiger partial charge in [-0.2, -0.15) is 0 Å². The van der Waals surface area contributed by atoms with E-state index < -0.39 is 8.80 Å². The zero-order chi connectivity index (χ0) is 8.81. The lowest BCUT2D eigenvalue weighted by atomic mass is 10.4. The highest BCUT2D eigenvalue weighted by atomic mass is 35.5. The Bertz CT molecular complexity index is 215. The van der Waals surface area contributed by atoms with Crippen LogP contribution in [0.2, 0.25) is 6.04 Å². The topological polar surface area (TPSA) is 26.0 Å². The van der Waals surface area contributed by atoms with E-state index in [0.29, 0.717) is 0 Å². The van der Waals surface area contributed by atoms with Crippen LogP contribution in [0.3, 0.4) is 0 Å². The zero-order valence-electron chi connectivity index (χ0n) is 7.04. The molecule has 0 aliphatic rings. The van der Waals surface area contributed by atoms with Crippen molar-refractivity contribution < 1.29 is 0 Å². The summed E-state index contributed by atoms with van der Waals surface area (Å²) in [7, 11) is -0.925. The van der Waals surface area contributed by atoms with Crippen molar-refractivity contribution in [3.63, 3.8) is 0 Å². The average Bonchev–Trinajstić information content (AvgIpc) is 2.15. The largest absolute Gasteiger partial charge is 0.333 e. The molecule has 1 nitrogen and oxygen atoms in total. The van der Waals surface area contributed by atoms with Gasteiger partial charge in [0.25, 0.3) is 0 Å². The Kier molecular flexibility index (Phi) is 4.36. The van der Waals surface area contributed by atoms with E-state index in [2.05, 4.69) is 24.3 Å². The molecule has 2 N–H and O–H groups in total. The molecular weight excluding hydrogens is 186 g/mol. The van der Waals surface area contributed by atoms with E-state index in [1.807, 2.05) is 6.07 Å². The summed E-state index contributed by atoms with van der Waals surface area (Å²) in [6.07, 6.45) is 0.816. The monoisotopic (exact) mass is 199 g/mol. The third kappa shape index (κ3) is 2.63. The summed E-state index contributed by atoms with van der Waals surface area (Å²) >= 11 is 5.70. The van der Waals surface area contributed by atoms with E-state index in [1.165, 1.54) is 5.19 Å². The van der Waals surface area contributed by atoms with Gasteiger partial charge in [-0.15, -0.1) is 11.6 Å². The van der Waals surface area contributed by atoms with Crippen molar-refractivity contribution in [3.8, 4) is 0 Å². The first-order valence-electron chi connectivity index (χ1n) is 4.19. The molecule has 1 atom stereocenters. The van der Waals surface area contributed by atoms with E-state index in [0.717, 1.165) is 18.1 Å². The lowest BCUT2D eigenvalue weighted by molar-refractivity contribution is 1.29. The van der Waals surface area contributed by atoms with E-state index in [9.17, 15) is 0 Å². The molecule has 12 heavy (non-hydrogen) atoms. The molecule has 0 aliphatic heterocycles. The second-order valence-corrected chi connectivity index (χ2v) is 6.31. The summed E-state index contributed by atoms with van der Waals surface area (Å²) in [6.45, 7) is 0. The molecular formula is C9H14ClNSi. The summed E-state index contributed by atoms with van der Waals surface area (Å²) in [5.74, 6) is 0.739. The fraction of sp³-hybridized carbons (Fsp3) is 0.333. The zero-order valence-corrected chi connectivity index (χ0v) is 8.95. The lowest BCUT2D eigenvalue weighted by Gasteiger charge is -2.10. The second kappa shape index (κ2) is 5.35. The molecule has 0 aromatic heterocycles. The average molecular weight is 200 g/mol. The number of hydrogen-bond acceptors (Lipinski definition) is 1. The minimum Gasteiger partial charge on any atom is -0.333 e. The third-order valence-electron chi connectivity index (χ3n) is 2.01. The van der Waals surface area contributed by atoms with Gasteiger partial charge in [0.15, 0.2) is 0 Å². The van der Waals surface area contributed by atoms with Gasteiger partial charge in [0.2, 0.25) is 0 Å². The number of rotatable bonds is 4. The van der Waals surface area contributed by atoms with Crippen molar-refractivity contribution in [2.75, 3.05) is 12.0 Å². The first kappa shape index (κ1) is 9.77. The van der Waals surface area contributed by atoms with Crippen LogP contribution in [0.1, 0.15) is 0 Å². The molecule has 0 saturated heterocycles. The summed E-state index contributed by atoms with van der Waals surface area (Å²) in [6, 6.07) is 11.6. The van der Waals surface area contributed by atoms with Gasteiger partial charge in [-0.3, -0.25) is 0 Å². The van der Waals surface area contributed by atoms with Crippen LogP contribution in [0.25, 0.3) is 0 Å². The van der Waals surface area contributed by atoms with E-state index in [4.69, 9.17) is 17.3 Å². The quantitative estimate of drug-likeness (QED) is 0.565. The normalized spacial score (nSPS) is 12.8. The number of nitrogens with two attached hydrogens (primary N) is 1. The Morgan fingerprint density at radius 3 is 2.42 bits per heavy atom. The molecule has 0 bridgehead atoms. The van der Waals surface area contributed by atoms with Crippen molar-refractivity contribution in [1.82, 2.24) is 0 Å². The molecule has 0 radical (unpaired) electrons. The molecule has 1 rings (SSSR count). The fourth-order valence-corrected chi connectivity index (χ4v) is 3.94. The van der Waals surface area contributed by atoms with Gasteiger partial charge in [-0.1, -0.05) is 35.5 Å². The van der Waals surface area contributed by atoms with Crippen molar-refractivity contribution in [2.45, 2.75) is 6.04 Å². The third-order valence-corrected chi connectivity index (χ3v) is 5.48. The van der Waals surface area contributed by atoms with Crippen molar-refractivity contribution in [2.24, 2.45) is 5.73 Å². The molecule has 1 unspecified atom stereocenters. The maximum absolute atomic E-state index is 5.70. The van der Waals surface area contributed by atoms with Crippen LogP contribution in [0.4, 0.5) is 0 Å². The minimum atomic E-state index is -0.925. The Labute approximate surface area is 80.1 Å². The molecule has 1 aromatic rings. The lowest BCUT2D eigenvalue weighted by Crippen LogP contribution is -2.38. The minimum absolute atomic E-state index is 0.739. The molecule has 0 amide bonds. The summed E-state index contributed by atoms with van der Waals surface area (Å²) in [4.78, 5) is 0. The molecule has 0 fully saturated rings. The standard InChI is InChI=1S/C9H14ClNSi/c10-6-7-12(8-11)9-4-2-1-3-5-9/h1-5,12H,6-8,11H2. The molecule has 1 aromatic carbocycles. The predicted octanol–water partition coefficient (Wildman–Crippen LogP) is 0.857. The van der Waals surface area contributed by atoms with Gasteiger partial charge in [0, 0.05) is 5.88 Å². The Morgan fingerprint density at radius 2 is 1.92 bits per heavy atom. The first-order chi connectivity index (χ1) is 5.88. The number of halogens is 1. The van der Waals surface area contributed by atoms with E-state index in [-0.39, 0.29) is 0 Å². The van der Waals surface area contributed by atoms with Crippen LogP contribution in [-0.2, 0) is 0 Å². The van der Waals surface area contributed by atoms with Crippen LogP contribution < -0.4 is 10.9 Å². The van der Waals surface area contributed by atoms with Gasteiger partial charge >= 0.3 is 0 Å². The number of alkyl halides is 1. The Hall–Kier alpha value is -0.313. The van der Waals surface area contributed by atoms with Crippen molar-refractivity contribution in [1.29, 1.82) is 0 Å². The molecule has 3 heteroatoms. The summed E-state index contributed by atoms with van der Waals surface area (Å²) < 4.78 is 0. The van der Waals surface area contributed by atoms with Gasteiger partial charge in [0.1, 0.15) is 0 Å². The summed E-state index contributed by atoms with van der Waals surface area (Å²) in [5, 5.41) is 1.43. The van der Waals surface area contributed by atoms with Gasteiger partial charge < -0.3 is 5.73 Å². The summed E-state index contributed by atoms with van der Waals surface area (Å²) in [5.41, 5.74) is 5.69. The number of hydrogen-bond donors (Lipinski definition) is 1. The highest BCUT2D eigenvalue weighted by Gasteiger charge is 2.09. The van der Waals surface area contributed by atoms with Crippen LogP contribution in [0, 0.1) is 0 Å². The SMILES string of the molecule is NC[SiH](CCCl)c1ccccc1. The maximum atomic E-state index is 5.70. The van der Waals surface area contributed by atoms with Crippen molar-refractivity contribution >= 4 is 25.6 Å². The number of benzene rings is 1. The van der Waals surface area contributed by atoms with Crippen molar-refractivity contribution in [3.05, 3.63) is 30.3 Å². The second-order valence-electron chi connectivity index (χ2n) is 2.82. The molecule has 66 valence electrons. The van der Waals surface area contributed by atoms with Crippen LogP contribution in [0.5, 0.6) is 0 Å². The fourth-order valence-electron chi connectivity index (χ4n) is 1.28. The Morgan fingerprint density at radius 1 is 1.25 bits per heavy atom. The van der Waals surface area contributed by atoms with Crippen LogP contribution in [-0.4, -0.2) is 20.8 Å². The first-order valence-corrected chi connectivity index (χ1v) is 6.94. The van der Waals surface area contributed by atoms with Gasteiger partial charge in [0.05, 0.1) is 8.80 Å². The van der Waals surface area contributed by atoms with Crippen LogP contribution in [0.15, 0.2) is 30.3 Å². The molecule has 0 aliphatic carbocycles. The molecule has 0 saturated carbocycles. The van der Waals surface area contributed by atoms with Gasteiger partial charge in [-0.25, -0.2) is 0 Å². The smallest absolute Gasteiger partial charge is 0.0862 e. The molecule has 0 spiro atoms. The van der Waals surface area contributed by atoms with Gasteiger partial charge in [-0.05, 0) is 12.2 Å². The predicted molar refractivity (Wildman–Crippen MR) is 57.8 cm³/mol. The van der Waals surface area contributed by atoms with E-state index >= 15 is 0 Å². The highest BCUT2D eigenvalue weighted by molar-refractivity contribution is 6.73. The van der Waals surface area contributed by atoms with Crippen LogP contribution >= 0.6 is 11.6 Å². The molecule has 0 heterocycles. The Balaban J connectivity index is 2.66.